The zero-order valence-corrected chi connectivity index (χ0v) is 11.9. The molecule has 114 valence electrons. The summed E-state index contributed by atoms with van der Waals surface area (Å²) in [5.74, 6) is -0.332. The first kappa shape index (κ1) is 15.4. The molecule has 1 aliphatic rings. The fraction of sp³-hybridized carbons (Fsp3) is 0.500. The van der Waals surface area contributed by atoms with E-state index in [1.807, 2.05) is 4.90 Å². The van der Waals surface area contributed by atoms with E-state index in [1.165, 1.54) is 18.2 Å². The first-order chi connectivity index (χ1) is 9.88. The maximum Gasteiger partial charge on any atom is 0.274 e. The SMILES string of the molecule is CN(Cc1ccc(C(N)=O)cc1[N+](=O)[O-])CC(O)C1CC1. The molecule has 1 atom stereocenters. The molecule has 3 N–H and O–H groups in total. The van der Waals surface area contributed by atoms with Gasteiger partial charge < -0.3 is 10.8 Å². The van der Waals surface area contributed by atoms with E-state index in [9.17, 15) is 20.0 Å². The highest BCUT2D eigenvalue weighted by Gasteiger charge is 2.30. The fourth-order valence-corrected chi connectivity index (χ4v) is 2.33. The van der Waals surface area contributed by atoms with Crippen molar-refractivity contribution >= 4 is 11.6 Å². The summed E-state index contributed by atoms with van der Waals surface area (Å²) in [4.78, 5) is 23.5. The van der Waals surface area contributed by atoms with Crippen LogP contribution in [0, 0.1) is 16.0 Å². The summed E-state index contributed by atoms with van der Waals surface area (Å²) in [6, 6.07) is 4.22. The van der Waals surface area contributed by atoms with Crippen LogP contribution in [-0.4, -0.2) is 40.5 Å². The molecule has 0 heterocycles. The van der Waals surface area contributed by atoms with E-state index in [0.717, 1.165) is 12.8 Å². The van der Waals surface area contributed by atoms with Gasteiger partial charge in [-0.15, -0.1) is 0 Å². The molecule has 1 amide bonds. The van der Waals surface area contributed by atoms with Crippen LogP contribution in [0.1, 0.15) is 28.8 Å². The van der Waals surface area contributed by atoms with Gasteiger partial charge in [0.2, 0.25) is 5.91 Å². The smallest absolute Gasteiger partial charge is 0.274 e. The number of carbonyl (C=O) groups excluding carboxylic acids is 1. The lowest BCUT2D eigenvalue weighted by atomic mass is 10.1. The Balaban J connectivity index is 2.10. The molecule has 1 saturated carbocycles. The van der Waals surface area contributed by atoms with Gasteiger partial charge in [-0.3, -0.25) is 19.8 Å². The largest absolute Gasteiger partial charge is 0.392 e. The number of hydrogen-bond acceptors (Lipinski definition) is 5. The van der Waals surface area contributed by atoms with Crippen molar-refractivity contribution in [1.29, 1.82) is 0 Å². The van der Waals surface area contributed by atoms with Gasteiger partial charge in [0, 0.05) is 30.3 Å². The quantitative estimate of drug-likeness (QED) is 0.573. The van der Waals surface area contributed by atoms with E-state index in [4.69, 9.17) is 5.73 Å². The van der Waals surface area contributed by atoms with Crippen molar-refractivity contribution in [3.63, 3.8) is 0 Å². The highest BCUT2D eigenvalue weighted by molar-refractivity contribution is 5.93. The Hall–Kier alpha value is -1.99. The number of nitro groups is 1. The van der Waals surface area contributed by atoms with E-state index in [1.54, 1.807) is 7.05 Å². The first-order valence-electron chi connectivity index (χ1n) is 6.82. The Morgan fingerprint density at radius 1 is 1.57 bits per heavy atom. The molecule has 0 aromatic heterocycles. The third kappa shape index (κ3) is 3.99. The van der Waals surface area contributed by atoms with Crippen LogP contribution in [0.15, 0.2) is 18.2 Å². The summed E-state index contributed by atoms with van der Waals surface area (Å²) in [6.45, 7) is 0.804. The first-order valence-corrected chi connectivity index (χ1v) is 6.82. The second-order valence-electron chi connectivity index (χ2n) is 5.57. The second kappa shape index (κ2) is 6.19. The molecule has 0 aliphatic heterocycles. The van der Waals surface area contributed by atoms with Gasteiger partial charge in [-0.25, -0.2) is 0 Å². The Morgan fingerprint density at radius 3 is 2.76 bits per heavy atom. The summed E-state index contributed by atoms with van der Waals surface area (Å²) >= 11 is 0. The molecular weight excluding hydrogens is 274 g/mol. The molecule has 1 aromatic carbocycles. The highest BCUT2D eigenvalue weighted by Crippen LogP contribution is 2.33. The van der Waals surface area contributed by atoms with Gasteiger partial charge in [0.05, 0.1) is 11.0 Å². The number of hydrogen-bond donors (Lipinski definition) is 2. The van der Waals surface area contributed by atoms with Gasteiger partial charge in [0.1, 0.15) is 0 Å². The number of aliphatic hydroxyl groups excluding tert-OH is 1. The number of amides is 1. The minimum Gasteiger partial charge on any atom is -0.392 e. The van der Waals surface area contributed by atoms with Crippen LogP contribution >= 0.6 is 0 Å². The highest BCUT2D eigenvalue weighted by atomic mass is 16.6. The van der Waals surface area contributed by atoms with Crippen molar-refractivity contribution in [1.82, 2.24) is 4.90 Å². The van der Waals surface area contributed by atoms with Crippen molar-refractivity contribution < 1.29 is 14.8 Å². The summed E-state index contributed by atoms with van der Waals surface area (Å²) in [7, 11) is 1.80. The van der Waals surface area contributed by atoms with Crippen LogP contribution in [0.25, 0.3) is 0 Å². The molecule has 0 radical (unpaired) electrons. The van der Waals surface area contributed by atoms with Crippen LogP contribution in [0.3, 0.4) is 0 Å². The Morgan fingerprint density at radius 2 is 2.24 bits per heavy atom. The van der Waals surface area contributed by atoms with Crippen molar-refractivity contribution in [3.8, 4) is 0 Å². The number of rotatable bonds is 7. The molecule has 1 fully saturated rings. The third-order valence-corrected chi connectivity index (χ3v) is 3.67. The molecule has 1 aromatic rings. The Bertz CT molecular complexity index is 557. The monoisotopic (exact) mass is 293 g/mol. The van der Waals surface area contributed by atoms with Gasteiger partial charge in [-0.05, 0) is 31.9 Å². The maximum atomic E-state index is 11.1. The van der Waals surface area contributed by atoms with Gasteiger partial charge in [0.25, 0.3) is 5.69 Å². The average Bonchev–Trinajstić information content (AvgIpc) is 3.22. The average molecular weight is 293 g/mol. The van der Waals surface area contributed by atoms with E-state index >= 15 is 0 Å². The number of aliphatic hydroxyl groups is 1. The number of nitrogens with two attached hydrogens (primary N) is 1. The normalized spacial score (nSPS) is 16.0. The van der Waals surface area contributed by atoms with Crippen LogP contribution in [0.2, 0.25) is 0 Å². The number of benzene rings is 1. The maximum absolute atomic E-state index is 11.1. The Kier molecular flexibility index (Phi) is 4.54. The molecule has 7 nitrogen and oxygen atoms in total. The molecule has 1 unspecified atom stereocenters. The van der Waals surface area contributed by atoms with Gasteiger partial charge in [-0.2, -0.15) is 0 Å². The van der Waals surface area contributed by atoms with Gasteiger partial charge in [0.15, 0.2) is 0 Å². The molecular formula is C14H19N3O4. The van der Waals surface area contributed by atoms with Crippen LogP contribution in [0.5, 0.6) is 0 Å². The number of carbonyl (C=O) groups is 1. The summed E-state index contributed by atoms with van der Waals surface area (Å²) in [5, 5.41) is 21.0. The topological polar surface area (TPSA) is 110 Å². The Labute approximate surface area is 122 Å². The van der Waals surface area contributed by atoms with Crippen LogP contribution in [0.4, 0.5) is 5.69 Å². The minimum absolute atomic E-state index is 0.117. The summed E-state index contributed by atoms with van der Waals surface area (Å²) in [5.41, 5.74) is 5.62. The minimum atomic E-state index is -0.692. The zero-order chi connectivity index (χ0) is 15.6. The van der Waals surface area contributed by atoms with E-state index < -0.39 is 10.8 Å². The molecule has 7 heteroatoms. The number of primary amides is 1. The summed E-state index contributed by atoms with van der Waals surface area (Å²) in [6.07, 6.45) is 1.70. The zero-order valence-electron chi connectivity index (χ0n) is 11.9. The van der Waals surface area contributed by atoms with Crippen molar-refractivity contribution in [2.45, 2.75) is 25.5 Å². The van der Waals surface area contributed by atoms with Crippen LogP contribution < -0.4 is 5.73 Å². The third-order valence-electron chi connectivity index (χ3n) is 3.67. The molecule has 21 heavy (non-hydrogen) atoms. The lowest BCUT2D eigenvalue weighted by Crippen LogP contribution is -2.30. The molecule has 1 aliphatic carbocycles. The molecule has 0 saturated heterocycles. The molecule has 0 spiro atoms. The lowest BCUT2D eigenvalue weighted by Gasteiger charge is -2.20. The van der Waals surface area contributed by atoms with E-state index in [0.29, 0.717) is 24.6 Å². The predicted molar refractivity (Wildman–Crippen MR) is 76.7 cm³/mol. The second-order valence-corrected chi connectivity index (χ2v) is 5.57. The van der Waals surface area contributed by atoms with Gasteiger partial charge in [-0.1, -0.05) is 6.07 Å². The fourth-order valence-electron chi connectivity index (χ4n) is 2.33. The molecule has 0 bridgehead atoms. The van der Waals surface area contributed by atoms with Crippen molar-refractivity contribution in [3.05, 3.63) is 39.4 Å². The van der Waals surface area contributed by atoms with Crippen molar-refractivity contribution in [2.24, 2.45) is 11.7 Å². The standard InChI is InChI=1S/C14H19N3O4/c1-16(8-13(18)9-2-3-9)7-11-5-4-10(14(15)19)6-12(11)17(20)21/h4-6,9,13,18H,2-3,7-8H2,1H3,(H2,15,19). The molecule has 2 rings (SSSR count). The van der Waals surface area contributed by atoms with Crippen LogP contribution in [-0.2, 0) is 6.54 Å². The number of nitro benzene ring substituents is 1. The number of likely N-dealkylation sites (N-methyl/N-ethyl adjacent to an activating group) is 1. The van der Waals surface area contributed by atoms with Crippen molar-refractivity contribution in [2.75, 3.05) is 13.6 Å². The number of nitrogens with zero attached hydrogens (tertiary/aromatic N) is 2. The predicted octanol–water partition coefficient (Wildman–Crippen LogP) is 0.896. The summed E-state index contributed by atoms with van der Waals surface area (Å²) < 4.78 is 0. The van der Waals surface area contributed by atoms with Gasteiger partial charge >= 0.3 is 0 Å². The van der Waals surface area contributed by atoms with E-state index in [2.05, 4.69) is 0 Å². The lowest BCUT2D eigenvalue weighted by molar-refractivity contribution is -0.385. The van der Waals surface area contributed by atoms with E-state index in [-0.39, 0.29) is 17.4 Å².